The maximum atomic E-state index is 12.2. The third-order valence-corrected chi connectivity index (χ3v) is 6.06. The minimum Gasteiger partial charge on any atom is -0.481 e. The molecule has 138 valence electrons. The first-order chi connectivity index (χ1) is 12.6. The van der Waals surface area contributed by atoms with E-state index >= 15 is 0 Å². The molecule has 0 atom stereocenters. The largest absolute Gasteiger partial charge is 0.481 e. The van der Waals surface area contributed by atoms with Gasteiger partial charge in [-0.25, -0.2) is 4.98 Å². The lowest BCUT2D eigenvalue weighted by Crippen LogP contribution is -2.47. The molecule has 0 bridgehead atoms. The predicted molar refractivity (Wildman–Crippen MR) is 95.6 cm³/mol. The molecule has 0 radical (unpaired) electrons. The van der Waals surface area contributed by atoms with E-state index in [-0.39, 0.29) is 0 Å². The highest BCUT2D eigenvalue weighted by Crippen LogP contribution is 2.49. The molecule has 6 nitrogen and oxygen atoms in total. The van der Waals surface area contributed by atoms with Gasteiger partial charge in [-0.1, -0.05) is 30.3 Å². The van der Waals surface area contributed by atoms with Gasteiger partial charge < -0.3 is 9.84 Å². The molecule has 1 heterocycles. The SMILES string of the molecule is Cn1ncnc1[C@]1(OCC2CC2)CC[C@](C(=O)O)(c2ccccc2)CC1. The molecule has 26 heavy (non-hydrogen) atoms. The van der Waals surface area contributed by atoms with Crippen molar-refractivity contribution in [1.82, 2.24) is 14.8 Å². The van der Waals surface area contributed by atoms with E-state index in [1.165, 1.54) is 12.8 Å². The van der Waals surface area contributed by atoms with Crippen LogP contribution < -0.4 is 0 Å². The Bertz CT molecular complexity index is 775. The van der Waals surface area contributed by atoms with Crippen molar-refractivity contribution in [2.24, 2.45) is 13.0 Å². The van der Waals surface area contributed by atoms with Gasteiger partial charge >= 0.3 is 5.97 Å². The lowest BCUT2D eigenvalue weighted by molar-refractivity contribution is -0.151. The molecular weight excluding hydrogens is 330 g/mol. The molecule has 1 N–H and O–H groups in total. The fraction of sp³-hybridized carbons (Fsp3) is 0.550. The molecule has 0 aliphatic heterocycles. The van der Waals surface area contributed by atoms with Crippen LogP contribution in [0.1, 0.15) is 49.9 Å². The van der Waals surface area contributed by atoms with E-state index < -0.39 is 17.0 Å². The third-order valence-electron chi connectivity index (χ3n) is 6.06. The van der Waals surface area contributed by atoms with E-state index in [0.717, 1.165) is 18.0 Å². The summed E-state index contributed by atoms with van der Waals surface area (Å²) in [5.41, 5.74) is -0.519. The maximum absolute atomic E-state index is 12.2. The number of aryl methyl sites for hydroxylation is 1. The Morgan fingerprint density at radius 1 is 1.23 bits per heavy atom. The predicted octanol–water partition coefficient (Wildman–Crippen LogP) is 3.03. The fourth-order valence-electron chi connectivity index (χ4n) is 4.17. The molecule has 2 saturated carbocycles. The van der Waals surface area contributed by atoms with Crippen LogP contribution in [0.4, 0.5) is 0 Å². The van der Waals surface area contributed by atoms with Crippen LogP contribution in [0.15, 0.2) is 36.7 Å². The molecule has 2 aliphatic rings. The van der Waals surface area contributed by atoms with Crippen LogP contribution >= 0.6 is 0 Å². The normalized spacial score (nSPS) is 28.8. The number of carbonyl (C=O) groups is 1. The van der Waals surface area contributed by atoms with Crippen molar-refractivity contribution in [3.05, 3.63) is 48.0 Å². The summed E-state index contributed by atoms with van der Waals surface area (Å²) < 4.78 is 8.18. The number of rotatable bonds is 6. The van der Waals surface area contributed by atoms with Crippen LogP contribution in [0.5, 0.6) is 0 Å². The second kappa shape index (κ2) is 6.50. The Balaban J connectivity index is 1.63. The summed E-state index contributed by atoms with van der Waals surface area (Å²) in [4.78, 5) is 16.7. The molecule has 2 aromatic rings. The number of nitrogens with zero attached hydrogens (tertiary/aromatic N) is 3. The summed E-state index contributed by atoms with van der Waals surface area (Å²) in [5.74, 6) is 0.697. The van der Waals surface area contributed by atoms with Gasteiger partial charge in [-0.05, 0) is 50.0 Å². The quantitative estimate of drug-likeness (QED) is 0.862. The third kappa shape index (κ3) is 2.92. The summed E-state index contributed by atoms with van der Waals surface area (Å²) in [7, 11) is 1.88. The van der Waals surface area contributed by atoms with Gasteiger partial charge in [0.2, 0.25) is 0 Å². The Kier molecular flexibility index (Phi) is 4.31. The van der Waals surface area contributed by atoms with Crippen LogP contribution in [0.25, 0.3) is 0 Å². The zero-order valence-corrected chi connectivity index (χ0v) is 15.1. The molecule has 0 spiro atoms. The number of carboxylic acid groups (broad SMARTS) is 1. The summed E-state index contributed by atoms with van der Waals surface area (Å²) in [6.45, 7) is 0.721. The molecule has 2 fully saturated rings. The molecule has 0 amide bonds. The van der Waals surface area contributed by atoms with Crippen LogP contribution in [0.2, 0.25) is 0 Å². The molecule has 6 heteroatoms. The minimum atomic E-state index is -0.855. The first kappa shape index (κ1) is 17.2. The summed E-state index contributed by atoms with van der Waals surface area (Å²) >= 11 is 0. The van der Waals surface area contributed by atoms with Crippen molar-refractivity contribution in [3.8, 4) is 0 Å². The Morgan fingerprint density at radius 3 is 2.46 bits per heavy atom. The molecule has 0 unspecified atom stereocenters. The first-order valence-corrected chi connectivity index (χ1v) is 9.33. The van der Waals surface area contributed by atoms with Gasteiger partial charge in [0, 0.05) is 7.05 Å². The number of aliphatic carboxylic acids is 1. The first-order valence-electron chi connectivity index (χ1n) is 9.33. The highest BCUT2D eigenvalue weighted by molar-refractivity contribution is 5.81. The second-order valence-corrected chi connectivity index (χ2v) is 7.71. The van der Waals surface area contributed by atoms with Gasteiger partial charge in [-0.3, -0.25) is 9.48 Å². The Labute approximate surface area is 153 Å². The van der Waals surface area contributed by atoms with Crippen LogP contribution in [-0.4, -0.2) is 32.4 Å². The van der Waals surface area contributed by atoms with E-state index in [1.54, 1.807) is 11.0 Å². The van der Waals surface area contributed by atoms with Crippen LogP contribution in [0, 0.1) is 5.92 Å². The van der Waals surface area contributed by atoms with Crippen molar-refractivity contribution >= 4 is 5.97 Å². The van der Waals surface area contributed by atoms with Crippen molar-refractivity contribution in [1.29, 1.82) is 0 Å². The lowest BCUT2D eigenvalue weighted by atomic mass is 9.65. The summed E-state index contributed by atoms with van der Waals surface area (Å²) in [5, 5.41) is 14.3. The van der Waals surface area contributed by atoms with E-state index in [9.17, 15) is 9.90 Å². The average Bonchev–Trinajstić information content (AvgIpc) is 3.40. The van der Waals surface area contributed by atoms with Gasteiger partial charge in [-0.15, -0.1) is 0 Å². The smallest absolute Gasteiger partial charge is 0.314 e. The Hall–Kier alpha value is -2.21. The highest BCUT2D eigenvalue weighted by atomic mass is 16.5. The molecular formula is C20H25N3O3. The highest BCUT2D eigenvalue weighted by Gasteiger charge is 2.51. The maximum Gasteiger partial charge on any atom is 0.314 e. The van der Waals surface area contributed by atoms with E-state index in [1.807, 2.05) is 37.4 Å². The zero-order chi connectivity index (χ0) is 18.2. The van der Waals surface area contributed by atoms with Crippen LogP contribution in [-0.2, 0) is 27.6 Å². The number of hydrogen-bond acceptors (Lipinski definition) is 4. The number of carboxylic acids is 1. The number of aromatic nitrogens is 3. The lowest BCUT2D eigenvalue weighted by Gasteiger charge is -2.43. The number of hydrogen-bond donors (Lipinski definition) is 1. The monoisotopic (exact) mass is 355 g/mol. The second-order valence-electron chi connectivity index (χ2n) is 7.71. The summed E-state index contributed by atoms with van der Waals surface area (Å²) in [6, 6.07) is 9.59. The molecule has 0 saturated heterocycles. The van der Waals surface area contributed by atoms with Gasteiger partial charge in [0.15, 0.2) is 5.82 Å². The van der Waals surface area contributed by atoms with E-state index in [4.69, 9.17) is 4.74 Å². The topological polar surface area (TPSA) is 77.2 Å². The standard InChI is InChI=1S/C20H25N3O3/c1-23-17(21-14-22-23)20(26-13-15-7-8-15)11-9-19(10-12-20,18(24)25)16-5-3-2-4-6-16/h2-6,14-15H,7-13H2,1H3,(H,24,25)/t19-,20+. The van der Waals surface area contributed by atoms with Crippen molar-refractivity contribution in [3.63, 3.8) is 0 Å². The van der Waals surface area contributed by atoms with Gasteiger partial charge in [-0.2, -0.15) is 5.10 Å². The van der Waals surface area contributed by atoms with Crippen molar-refractivity contribution in [2.45, 2.75) is 49.5 Å². The van der Waals surface area contributed by atoms with Gasteiger partial charge in [0.25, 0.3) is 0 Å². The minimum absolute atomic E-state index is 0.532. The molecule has 4 rings (SSSR count). The van der Waals surface area contributed by atoms with Crippen molar-refractivity contribution < 1.29 is 14.6 Å². The zero-order valence-electron chi connectivity index (χ0n) is 15.1. The van der Waals surface area contributed by atoms with Gasteiger partial charge in [0.1, 0.15) is 11.9 Å². The number of benzene rings is 1. The fourth-order valence-corrected chi connectivity index (χ4v) is 4.17. The summed E-state index contributed by atoms with van der Waals surface area (Å²) in [6.07, 6.45) is 6.32. The molecule has 1 aromatic heterocycles. The Morgan fingerprint density at radius 2 is 1.92 bits per heavy atom. The van der Waals surface area contributed by atoms with E-state index in [0.29, 0.717) is 31.6 Å². The number of ether oxygens (including phenoxy) is 1. The van der Waals surface area contributed by atoms with Gasteiger partial charge in [0.05, 0.1) is 12.0 Å². The van der Waals surface area contributed by atoms with Crippen LogP contribution in [0.3, 0.4) is 0 Å². The van der Waals surface area contributed by atoms with E-state index in [2.05, 4.69) is 10.1 Å². The van der Waals surface area contributed by atoms with Crippen molar-refractivity contribution in [2.75, 3.05) is 6.61 Å². The molecule has 2 aliphatic carbocycles. The average molecular weight is 355 g/mol. The molecule has 1 aromatic carbocycles.